The van der Waals surface area contributed by atoms with Crippen molar-refractivity contribution in [3.63, 3.8) is 0 Å². The van der Waals surface area contributed by atoms with Crippen LogP contribution in [0.2, 0.25) is 0 Å². The molecule has 0 aliphatic carbocycles. The zero-order valence-corrected chi connectivity index (χ0v) is 16.0. The van der Waals surface area contributed by atoms with Crippen LogP contribution in [0, 0.1) is 6.92 Å². The molecule has 2 aliphatic rings. The Bertz CT molecular complexity index is 983. The number of fused-ring (bicyclic) bond motifs is 1. The molecule has 2 aromatic rings. The van der Waals surface area contributed by atoms with Crippen molar-refractivity contribution in [1.29, 1.82) is 0 Å². The Morgan fingerprint density at radius 2 is 2.07 bits per heavy atom. The number of aliphatic hydroxyl groups is 1. The van der Waals surface area contributed by atoms with E-state index < -0.39 is 12.2 Å². The summed E-state index contributed by atoms with van der Waals surface area (Å²) in [6.45, 7) is 4.37. The van der Waals surface area contributed by atoms with Gasteiger partial charge >= 0.3 is 0 Å². The van der Waals surface area contributed by atoms with Crippen LogP contribution in [0.25, 0.3) is 16.7 Å². The van der Waals surface area contributed by atoms with Gasteiger partial charge in [-0.2, -0.15) is 0 Å². The molecule has 1 amide bonds. The smallest absolute Gasteiger partial charge is 0.270 e. The molecule has 2 aromatic carbocycles. The fourth-order valence-corrected chi connectivity index (χ4v) is 3.59. The molecule has 6 nitrogen and oxygen atoms in total. The number of rotatable bonds is 3. The van der Waals surface area contributed by atoms with Gasteiger partial charge in [-0.05, 0) is 66.8 Å². The lowest BCUT2D eigenvalue weighted by Crippen LogP contribution is -2.51. The summed E-state index contributed by atoms with van der Waals surface area (Å²) in [5.74, 6) is 0.183. The quantitative estimate of drug-likeness (QED) is 0.712. The summed E-state index contributed by atoms with van der Waals surface area (Å²) < 4.78 is 11.4. The molecule has 0 bridgehead atoms. The number of carbonyl (C=O) groups is 1. The summed E-state index contributed by atoms with van der Waals surface area (Å²) in [7, 11) is 0. The van der Waals surface area contributed by atoms with Gasteiger partial charge in [0, 0.05) is 11.3 Å². The molecule has 1 atom stereocenters. The van der Waals surface area contributed by atoms with Crippen molar-refractivity contribution in [2.45, 2.75) is 25.9 Å². The number of carbonyl (C=O) groups excluding carboxylic acids is 1. The number of nitrogens with two attached hydrogens (primary N) is 1. The average molecular weight is 380 g/mol. The van der Waals surface area contributed by atoms with Crippen LogP contribution < -0.4 is 15.8 Å². The largest absolute Gasteiger partial charge is 0.473 e. The van der Waals surface area contributed by atoms with E-state index in [1.807, 2.05) is 37.3 Å². The monoisotopic (exact) mass is 380 g/mol. The minimum Gasteiger partial charge on any atom is -0.473 e. The Labute approximate surface area is 164 Å². The summed E-state index contributed by atoms with van der Waals surface area (Å²) in [4.78, 5) is 12.5. The Kier molecular flexibility index (Phi) is 4.61. The minimum atomic E-state index is -1.32. The first-order valence-electron chi connectivity index (χ1n) is 9.34. The molecule has 146 valence electrons. The highest BCUT2D eigenvalue weighted by molar-refractivity contribution is 6.04. The Morgan fingerprint density at radius 3 is 2.79 bits per heavy atom. The normalized spacial score (nSPS) is 21.4. The van der Waals surface area contributed by atoms with E-state index in [9.17, 15) is 9.90 Å². The van der Waals surface area contributed by atoms with Crippen LogP contribution in [-0.2, 0) is 9.53 Å². The number of aryl methyl sites for hydroxylation is 1. The number of benzene rings is 2. The maximum Gasteiger partial charge on any atom is 0.270 e. The zero-order chi connectivity index (χ0) is 19.9. The van der Waals surface area contributed by atoms with Crippen molar-refractivity contribution in [2.24, 2.45) is 0 Å². The van der Waals surface area contributed by atoms with Crippen molar-refractivity contribution in [3.05, 3.63) is 47.5 Å². The van der Waals surface area contributed by atoms with E-state index in [1.165, 1.54) is 0 Å². The average Bonchev–Trinajstić information content (AvgIpc) is 2.70. The molecule has 2 aliphatic heterocycles. The number of hydrogen-bond acceptors (Lipinski definition) is 5. The van der Waals surface area contributed by atoms with Crippen molar-refractivity contribution < 1.29 is 19.4 Å². The molecule has 4 rings (SSSR count). The molecule has 0 spiro atoms. The molecule has 0 radical (unpaired) electrons. The zero-order valence-electron chi connectivity index (χ0n) is 16.0. The highest BCUT2D eigenvalue weighted by Gasteiger charge is 2.41. The van der Waals surface area contributed by atoms with Crippen LogP contribution in [0.3, 0.4) is 0 Å². The summed E-state index contributed by atoms with van der Waals surface area (Å²) in [5.41, 5.74) is 11.1. The second kappa shape index (κ2) is 6.96. The van der Waals surface area contributed by atoms with Crippen LogP contribution in [-0.4, -0.2) is 36.4 Å². The molecular weight excluding hydrogens is 356 g/mol. The molecule has 1 unspecified atom stereocenters. The first-order valence-corrected chi connectivity index (χ1v) is 9.34. The second-order valence-corrected chi connectivity index (χ2v) is 7.47. The van der Waals surface area contributed by atoms with Crippen LogP contribution in [0.5, 0.6) is 5.75 Å². The van der Waals surface area contributed by atoms with Crippen LogP contribution in [0.15, 0.2) is 36.4 Å². The third-order valence-electron chi connectivity index (χ3n) is 5.34. The first kappa shape index (κ1) is 18.5. The maximum atomic E-state index is 12.5. The van der Waals surface area contributed by atoms with Gasteiger partial charge in [0.1, 0.15) is 5.75 Å². The number of anilines is 2. The molecular formula is C22H24N2O4. The summed E-state index contributed by atoms with van der Waals surface area (Å²) in [6, 6.07) is 9.75. The van der Waals surface area contributed by atoms with Gasteiger partial charge in [0.25, 0.3) is 5.91 Å². The van der Waals surface area contributed by atoms with E-state index in [2.05, 4.69) is 11.4 Å². The Hall–Kier alpha value is -2.83. The van der Waals surface area contributed by atoms with Gasteiger partial charge in [-0.25, -0.2) is 0 Å². The van der Waals surface area contributed by atoms with Crippen LogP contribution in [0.4, 0.5) is 11.4 Å². The van der Waals surface area contributed by atoms with Crippen molar-refractivity contribution in [1.82, 2.24) is 0 Å². The number of amides is 1. The van der Waals surface area contributed by atoms with Gasteiger partial charge < -0.3 is 25.6 Å². The van der Waals surface area contributed by atoms with E-state index in [0.29, 0.717) is 30.3 Å². The first-order chi connectivity index (χ1) is 13.4. The third kappa shape index (κ3) is 3.15. The summed E-state index contributed by atoms with van der Waals surface area (Å²) in [6.07, 6.45) is 2.78. The number of ether oxygens (including phenoxy) is 2. The fourth-order valence-electron chi connectivity index (χ4n) is 3.59. The Balaban J connectivity index is 1.93. The summed E-state index contributed by atoms with van der Waals surface area (Å²) in [5, 5.41) is 12.6. The molecule has 28 heavy (non-hydrogen) atoms. The fraction of sp³-hybridized carbons (Fsp3) is 0.318. The second-order valence-electron chi connectivity index (χ2n) is 7.47. The summed E-state index contributed by atoms with van der Waals surface area (Å²) >= 11 is 0. The highest BCUT2D eigenvalue weighted by atomic mass is 16.5. The van der Waals surface area contributed by atoms with Gasteiger partial charge in [-0.1, -0.05) is 12.1 Å². The molecule has 0 saturated carbocycles. The highest BCUT2D eigenvalue weighted by Crippen LogP contribution is 2.44. The lowest BCUT2D eigenvalue weighted by molar-refractivity contribution is -0.134. The van der Waals surface area contributed by atoms with E-state index >= 15 is 0 Å². The molecule has 0 saturated heterocycles. The number of nitrogens with one attached hydrogen (secondary N) is 1. The SMILES string of the molecule is Cc1ccc(N)cc1-c1cc2c(c(C3=CCOCC3)c1)NC(=O)C(C)(CO)O2. The minimum absolute atomic E-state index is 0.357. The topological polar surface area (TPSA) is 93.8 Å². The maximum absolute atomic E-state index is 12.5. The lowest BCUT2D eigenvalue weighted by atomic mass is 9.91. The van der Waals surface area contributed by atoms with E-state index in [1.54, 1.807) is 6.92 Å². The van der Waals surface area contributed by atoms with Crippen molar-refractivity contribution in [3.8, 4) is 16.9 Å². The number of aliphatic hydroxyl groups excluding tert-OH is 1. The molecule has 0 fully saturated rings. The molecule has 0 aromatic heterocycles. The van der Waals surface area contributed by atoms with Gasteiger partial charge in [0.15, 0.2) is 0 Å². The standard InChI is InChI=1S/C22H24N2O4/c1-13-3-4-16(23)11-17(13)15-9-18(14-5-7-27-8-6-14)20-19(10-15)28-22(2,12-25)21(26)24-20/h3-5,9-11,25H,6-8,12,23H2,1-2H3,(H,24,26). The molecule has 4 N–H and O–H groups in total. The third-order valence-corrected chi connectivity index (χ3v) is 5.34. The number of nitrogen functional groups attached to an aromatic ring is 1. The van der Waals surface area contributed by atoms with Crippen LogP contribution >= 0.6 is 0 Å². The van der Waals surface area contributed by atoms with Crippen molar-refractivity contribution >= 4 is 22.9 Å². The Morgan fingerprint density at radius 1 is 1.25 bits per heavy atom. The van der Waals surface area contributed by atoms with Gasteiger partial charge in [0.05, 0.1) is 25.5 Å². The predicted molar refractivity (Wildman–Crippen MR) is 109 cm³/mol. The van der Waals surface area contributed by atoms with Gasteiger partial charge in [0.2, 0.25) is 5.60 Å². The van der Waals surface area contributed by atoms with Crippen LogP contribution in [0.1, 0.15) is 24.5 Å². The van der Waals surface area contributed by atoms with Gasteiger partial charge in [-0.3, -0.25) is 4.79 Å². The van der Waals surface area contributed by atoms with Crippen molar-refractivity contribution in [2.75, 3.05) is 30.9 Å². The van der Waals surface area contributed by atoms with E-state index in [4.69, 9.17) is 15.2 Å². The predicted octanol–water partition coefficient (Wildman–Crippen LogP) is 3.13. The molecule has 2 heterocycles. The van der Waals surface area contributed by atoms with E-state index in [0.717, 1.165) is 34.2 Å². The van der Waals surface area contributed by atoms with Gasteiger partial charge in [-0.15, -0.1) is 0 Å². The lowest BCUT2D eigenvalue weighted by Gasteiger charge is -2.35. The molecule has 6 heteroatoms. The van der Waals surface area contributed by atoms with E-state index in [-0.39, 0.29) is 5.91 Å². The number of hydrogen-bond donors (Lipinski definition) is 3.